The number of halogens is 2. The second-order valence-electron chi connectivity index (χ2n) is 7.47. The molecule has 1 aliphatic heterocycles. The molecular formula is C18H18F2N2O6S. The van der Waals surface area contributed by atoms with Gasteiger partial charge in [0, 0.05) is 0 Å². The third-order valence-corrected chi connectivity index (χ3v) is 4.91. The third kappa shape index (κ3) is 4.36. The molecule has 0 radical (unpaired) electrons. The van der Waals surface area contributed by atoms with Crippen LogP contribution in [0.4, 0.5) is 18.6 Å². The zero-order valence-corrected chi connectivity index (χ0v) is 16.5. The van der Waals surface area contributed by atoms with Crippen molar-refractivity contribution in [1.29, 1.82) is 0 Å². The van der Waals surface area contributed by atoms with E-state index in [1.807, 2.05) is 0 Å². The SMILES string of the molecule is CC(C)(C)OC(=O)Nc1sc(-c2c(F)cc(C3(O)COC3)cc2F)nc1C(=O)O. The van der Waals surface area contributed by atoms with Crippen molar-refractivity contribution in [3.8, 4) is 10.6 Å². The Morgan fingerprint density at radius 3 is 2.31 bits per heavy atom. The topological polar surface area (TPSA) is 118 Å². The number of anilines is 1. The summed E-state index contributed by atoms with van der Waals surface area (Å²) >= 11 is 0.586. The molecule has 11 heteroatoms. The normalized spacial score (nSPS) is 15.5. The molecule has 0 bridgehead atoms. The minimum Gasteiger partial charge on any atom is -0.476 e. The Labute approximate surface area is 168 Å². The van der Waals surface area contributed by atoms with Gasteiger partial charge in [0.05, 0.1) is 18.8 Å². The lowest BCUT2D eigenvalue weighted by Crippen LogP contribution is -2.46. The fourth-order valence-electron chi connectivity index (χ4n) is 2.56. The van der Waals surface area contributed by atoms with E-state index in [0.717, 1.165) is 12.1 Å². The molecule has 29 heavy (non-hydrogen) atoms. The highest BCUT2D eigenvalue weighted by atomic mass is 32.1. The molecule has 0 atom stereocenters. The van der Waals surface area contributed by atoms with Crippen LogP contribution >= 0.6 is 11.3 Å². The summed E-state index contributed by atoms with van der Waals surface area (Å²) in [5.74, 6) is -3.55. The zero-order chi connectivity index (χ0) is 21.6. The molecule has 1 amide bonds. The number of thiazole rings is 1. The van der Waals surface area contributed by atoms with Crippen LogP contribution in [0, 0.1) is 11.6 Å². The van der Waals surface area contributed by atoms with Crippen molar-refractivity contribution in [1.82, 2.24) is 4.98 Å². The molecule has 2 aromatic rings. The maximum atomic E-state index is 14.6. The van der Waals surface area contributed by atoms with Crippen molar-refractivity contribution in [2.24, 2.45) is 0 Å². The largest absolute Gasteiger partial charge is 0.476 e. The second kappa shape index (κ2) is 7.32. The maximum absolute atomic E-state index is 14.6. The van der Waals surface area contributed by atoms with E-state index >= 15 is 0 Å². The predicted molar refractivity (Wildman–Crippen MR) is 99.0 cm³/mol. The highest BCUT2D eigenvalue weighted by molar-refractivity contribution is 7.19. The van der Waals surface area contributed by atoms with Crippen molar-refractivity contribution >= 4 is 28.4 Å². The Morgan fingerprint density at radius 1 is 1.28 bits per heavy atom. The van der Waals surface area contributed by atoms with Crippen LogP contribution < -0.4 is 5.32 Å². The average Bonchev–Trinajstić information content (AvgIpc) is 2.93. The fraction of sp³-hybridized carbons (Fsp3) is 0.389. The lowest BCUT2D eigenvalue weighted by molar-refractivity contribution is -0.184. The van der Waals surface area contributed by atoms with Gasteiger partial charge in [-0.25, -0.2) is 23.4 Å². The number of nitrogens with zero attached hydrogens (tertiary/aromatic N) is 1. The number of carbonyl (C=O) groups excluding carboxylic acids is 1. The summed E-state index contributed by atoms with van der Waals surface area (Å²) in [6, 6.07) is 1.90. The van der Waals surface area contributed by atoms with Gasteiger partial charge in [-0.3, -0.25) is 5.32 Å². The highest BCUT2D eigenvalue weighted by Gasteiger charge is 2.39. The third-order valence-electron chi connectivity index (χ3n) is 3.92. The minimum atomic E-state index is -1.49. The molecule has 0 saturated carbocycles. The highest BCUT2D eigenvalue weighted by Crippen LogP contribution is 2.38. The van der Waals surface area contributed by atoms with Gasteiger partial charge in [0.1, 0.15) is 32.8 Å². The Kier molecular flexibility index (Phi) is 5.32. The van der Waals surface area contributed by atoms with E-state index in [-0.39, 0.29) is 28.8 Å². The first-order chi connectivity index (χ1) is 13.4. The number of carbonyl (C=O) groups is 2. The molecule has 1 saturated heterocycles. The second-order valence-corrected chi connectivity index (χ2v) is 8.47. The Balaban J connectivity index is 1.97. The lowest BCUT2D eigenvalue weighted by atomic mass is 9.91. The van der Waals surface area contributed by atoms with E-state index in [0.29, 0.717) is 11.3 Å². The van der Waals surface area contributed by atoms with Crippen molar-refractivity contribution in [2.45, 2.75) is 32.0 Å². The number of aromatic carboxylic acids is 1. The van der Waals surface area contributed by atoms with Crippen LogP contribution in [-0.4, -0.2) is 46.1 Å². The first kappa shape index (κ1) is 21.1. The van der Waals surface area contributed by atoms with Crippen LogP contribution in [-0.2, 0) is 15.1 Å². The number of nitrogens with one attached hydrogen (secondary N) is 1. The quantitative estimate of drug-likeness (QED) is 0.683. The van der Waals surface area contributed by atoms with Crippen LogP contribution in [0.2, 0.25) is 0 Å². The molecular weight excluding hydrogens is 410 g/mol. The predicted octanol–water partition coefficient (Wildman–Crippen LogP) is 3.35. The molecule has 1 aromatic carbocycles. The number of aliphatic hydroxyl groups is 1. The molecule has 1 aromatic heterocycles. The summed E-state index contributed by atoms with van der Waals surface area (Å²) in [6.45, 7) is 4.69. The molecule has 8 nitrogen and oxygen atoms in total. The number of rotatable bonds is 4. The molecule has 1 fully saturated rings. The van der Waals surface area contributed by atoms with Crippen LogP contribution in [0.5, 0.6) is 0 Å². The van der Waals surface area contributed by atoms with E-state index < -0.39 is 46.2 Å². The summed E-state index contributed by atoms with van der Waals surface area (Å²) < 4.78 is 39.2. The molecule has 1 aliphatic rings. The summed E-state index contributed by atoms with van der Waals surface area (Å²) in [7, 11) is 0. The number of carboxylic acid groups (broad SMARTS) is 1. The van der Waals surface area contributed by atoms with Crippen LogP contribution in [0.1, 0.15) is 36.8 Å². The van der Waals surface area contributed by atoms with Gasteiger partial charge in [-0.1, -0.05) is 11.3 Å². The molecule has 0 aliphatic carbocycles. The van der Waals surface area contributed by atoms with Gasteiger partial charge < -0.3 is 19.7 Å². The van der Waals surface area contributed by atoms with Crippen molar-refractivity contribution in [3.05, 3.63) is 35.0 Å². The van der Waals surface area contributed by atoms with Crippen LogP contribution in [0.3, 0.4) is 0 Å². The Morgan fingerprint density at radius 2 is 1.86 bits per heavy atom. The lowest BCUT2D eigenvalue weighted by Gasteiger charge is -2.36. The van der Waals surface area contributed by atoms with Crippen molar-refractivity contribution in [2.75, 3.05) is 18.5 Å². The maximum Gasteiger partial charge on any atom is 0.412 e. The average molecular weight is 428 g/mol. The van der Waals surface area contributed by atoms with E-state index in [9.17, 15) is 28.6 Å². The summed E-state index contributed by atoms with van der Waals surface area (Å²) in [5.41, 5.74) is -3.45. The molecule has 0 spiro atoms. The first-order valence-electron chi connectivity index (χ1n) is 8.44. The number of hydrogen-bond acceptors (Lipinski definition) is 7. The number of aromatic nitrogens is 1. The number of ether oxygens (including phenoxy) is 2. The number of amides is 1. The van der Waals surface area contributed by atoms with Gasteiger partial charge in [0.15, 0.2) is 5.69 Å². The van der Waals surface area contributed by atoms with Gasteiger partial charge in [0.2, 0.25) is 0 Å². The fourth-order valence-corrected chi connectivity index (χ4v) is 3.55. The molecule has 2 heterocycles. The minimum absolute atomic E-state index is 0.00428. The molecule has 3 rings (SSSR count). The van der Waals surface area contributed by atoms with Gasteiger partial charge in [-0.15, -0.1) is 0 Å². The monoisotopic (exact) mass is 428 g/mol. The van der Waals surface area contributed by atoms with Gasteiger partial charge >= 0.3 is 12.1 Å². The number of benzene rings is 1. The van der Waals surface area contributed by atoms with Crippen LogP contribution in [0.25, 0.3) is 10.6 Å². The van der Waals surface area contributed by atoms with Gasteiger partial charge in [-0.2, -0.15) is 0 Å². The van der Waals surface area contributed by atoms with E-state index in [4.69, 9.17) is 9.47 Å². The Bertz CT molecular complexity index is 958. The smallest absolute Gasteiger partial charge is 0.412 e. The van der Waals surface area contributed by atoms with E-state index in [1.165, 1.54) is 0 Å². The standard InChI is InChI=1S/C18H18F2N2O6S/c1-17(2,3)28-16(25)22-14-12(15(23)24)21-13(29-14)11-9(19)4-8(5-10(11)20)18(26)6-27-7-18/h4-5,26H,6-7H2,1-3H3,(H,22,25)(H,23,24). The Hall–Kier alpha value is -2.63. The molecule has 0 unspecified atom stereocenters. The van der Waals surface area contributed by atoms with Crippen molar-refractivity contribution in [3.63, 3.8) is 0 Å². The van der Waals surface area contributed by atoms with Crippen molar-refractivity contribution < 1.29 is 38.1 Å². The zero-order valence-electron chi connectivity index (χ0n) is 15.7. The summed E-state index contributed by atoms with van der Waals surface area (Å²) in [5, 5.41) is 21.2. The summed E-state index contributed by atoms with van der Waals surface area (Å²) in [6.07, 6.45) is -0.932. The summed E-state index contributed by atoms with van der Waals surface area (Å²) in [4.78, 5) is 27.2. The number of carboxylic acids is 1. The van der Waals surface area contributed by atoms with E-state index in [2.05, 4.69) is 10.3 Å². The van der Waals surface area contributed by atoms with Gasteiger partial charge in [0.25, 0.3) is 0 Å². The van der Waals surface area contributed by atoms with Crippen LogP contribution in [0.15, 0.2) is 12.1 Å². The number of hydrogen-bond donors (Lipinski definition) is 3. The molecule has 156 valence electrons. The first-order valence-corrected chi connectivity index (χ1v) is 9.25. The molecule has 3 N–H and O–H groups in total. The van der Waals surface area contributed by atoms with Gasteiger partial charge in [-0.05, 0) is 38.5 Å². The van der Waals surface area contributed by atoms with E-state index in [1.54, 1.807) is 20.8 Å².